The topological polar surface area (TPSA) is 84.6 Å². The summed E-state index contributed by atoms with van der Waals surface area (Å²) >= 11 is 0. The molecule has 0 aliphatic carbocycles. The molecule has 6 heteroatoms. The van der Waals surface area contributed by atoms with Crippen molar-refractivity contribution in [2.45, 2.75) is 13.5 Å². The van der Waals surface area contributed by atoms with Crippen LogP contribution in [-0.4, -0.2) is 17.1 Å². The van der Waals surface area contributed by atoms with Crippen LogP contribution in [0.25, 0.3) is 0 Å². The molecule has 0 aliphatic rings. The van der Waals surface area contributed by atoms with E-state index in [1.165, 1.54) is 19.2 Å². The third-order valence-corrected chi connectivity index (χ3v) is 3.10. The van der Waals surface area contributed by atoms with Crippen molar-refractivity contribution >= 4 is 11.4 Å². The van der Waals surface area contributed by atoms with Crippen LogP contribution in [0.15, 0.2) is 36.4 Å². The monoisotopic (exact) mass is 288 g/mol. The molecule has 110 valence electrons. The zero-order valence-electron chi connectivity index (χ0n) is 11.8. The third kappa shape index (κ3) is 3.42. The van der Waals surface area contributed by atoms with Gasteiger partial charge in [0.05, 0.1) is 12.0 Å². The van der Waals surface area contributed by atoms with Crippen molar-refractivity contribution in [2.24, 2.45) is 0 Å². The lowest BCUT2D eigenvalue weighted by Crippen LogP contribution is -2.03. The number of rotatable bonds is 5. The molecule has 2 aromatic carbocycles. The summed E-state index contributed by atoms with van der Waals surface area (Å²) < 4.78 is 5.10. The number of nitrogens with zero attached hydrogens (tertiary/aromatic N) is 1. The van der Waals surface area contributed by atoms with Crippen molar-refractivity contribution in [1.29, 1.82) is 0 Å². The molecule has 0 aliphatic heterocycles. The van der Waals surface area contributed by atoms with E-state index in [0.717, 1.165) is 5.56 Å². The SMILES string of the molecule is COc1ccc(O)c(CNc2cc(C)ccc2[N+](=O)[O-])c1. The average molecular weight is 288 g/mol. The molecule has 2 N–H and O–H groups in total. The van der Waals surface area contributed by atoms with E-state index in [2.05, 4.69) is 5.32 Å². The molecule has 0 unspecified atom stereocenters. The fraction of sp³-hybridized carbons (Fsp3) is 0.200. The second kappa shape index (κ2) is 6.13. The molecule has 6 nitrogen and oxygen atoms in total. The Morgan fingerprint density at radius 2 is 2.05 bits per heavy atom. The van der Waals surface area contributed by atoms with E-state index in [9.17, 15) is 15.2 Å². The van der Waals surface area contributed by atoms with Crippen LogP contribution >= 0.6 is 0 Å². The van der Waals surface area contributed by atoms with E-state index in [1.807, 2.05) is 6.92 Å². The van der Waals surface area contributed by atoms with Gasteiger partial charge in [-0.15, -0.1) is 0 Å². The molecular formula is C15H16N2O4. The van der Waals surface area contributed by atoms with E-state index in [0.29, 0.717) is 17.0 Å². The van der Waals surface area contributed by atoms with Crippen molar-refractivity contribution in [1.82, 2.24) is 0 Å². The van der Waals surface area contributed by atoms with E-state index in [-0.39, 0.29) is 18.0 Å². The van der Waals surface area contributed by atoms with Crippen LogP contribution in [0.5, 0.6) is 11.5 Å². The lowest BCUT2D eigenvalue weighted by atomic mass is 10.1. The summed E-state index contributed by atoms with van der Waals surface area (Å²) in [5.41, 5.74) is 1.94. The minimum Gasteiger partial charge on any atom is -0.508 e. The second-order valence-electron chi connectivity index (χ2n) is 4.63. The van der Waals surface area contributed by atoms with Gasteiger partial charge in [0.15, 0.2) is 0 Å². The molecule has 0 aromatic heterocycles. The third-order valence-electron chi connectivity index (χ3n) is 3.10. The maximum atomic E-state index is 11.0. The van der Waals surface area contributed by atoms with Crippen LogP contribution in [0.2, 0.25) is 0 Å². The number of phenols is 1. The quantitative estimate of drug-likeness (QED) is 0.651. The predicted octanol–water partition coefficient (Wildman–Crippen LogP) is 3.23. The Balaban J connectivity index is 2.24. The molecule has 0 bridgehead atoms. The van der Waals surface area contributed by atoms with Crippen LogP contribution in [0.3, 0.4) is 0 Å². The normalized spacial score (nSPS) is 10.2. The number of methoxy groups -OCH3 is 1. The van der Waals surface area contributed by atoms with Crippen LogP contribution in [0.1, 0.15) is 11.1 Å². The van der Waals surface area contributed by atoms with Crippen LogP contribution < -0.4 is 10.1 Å². The van der Waals surface area contributed by atoms with Crippen molar-refractivity contribution in [3.63, 3.8) is 0 Å². The highest BCUT2D eigenvalue weighted by Gasteiger charge is 2.13. The number of hydrogen-bond donors (Lipinski definition) is 2. The molecule has 0 amide bonds. The minimum absolute atomic E-state index is 0.00276. The summed E-state index contributed by atoms with van der Waals surface area (Å²) in [7, 11) is 1.54. The lowest BCUT2D eigenvalue weighted by Gasteiger charge is -2.10. The average Bonchev–Trinajstić information content (AvgIpc) is 2.46. The van der Waals surface area contributed by atoms with E-state index >= 15 is 0 Å². The molecule has 0 radical (unpaired) electrons. The summed E-state index contributed by atoms with van der Waals surface area (Å²) in [6.07, 6.45) is 0. The molecular weight excluding hydrogens is 272 g/mol. The number of hydrogen-bond acceptors (Lipinski definition) is 5. The fourth-order valence-corrected chi connectivity index (χ4v) is 1.97. The standard InChI is InChI=1S/C15H16N2O4/c1-10-3-5-14(17(19)20)13(7-10)16-9-11-8-12(21-2)4-6-15(11)18/h3-8,16,18H,9H2,1-2H3. The summed E-state index contributed by atoms with van der Waals surface area (Å²) in [5.74, 6) is 0.724. The Hall–Kier alpha value is -2.76. The Kier molecular flexibility index (Phi) is 4.27. The molecule has 0 fully saturated rings. The molecule has 21 heavy (non-hydrogen) atoms. The minimum atomic E-state index is -0.437. The number of ether oxygens (including phenoxy) is 1. The number of anilines is 1. The van der Waals surface area contributed by atoms with Crippen molar-refractivity contribution < 1.29 is 14.8 Å². The highest BCUT2D eigenvalue weighted by atomic mass is 16.6. The maximum Gasteiger partial charge on any atom is 0.292 e. The van der Waals surface area contributed by atoms with Gasteiger partial charge in [-0.25, -0.2) is 0 Å². The molecule has 2 rings (SSSR count). The number of nitro benzene ring substituents is 1. The van der Waals surface area contributed by atoms with Gasteiger partial charge < -0.3 is 15.2 Å². The Bertz CT molecular complexity index is 671. The van der Waals surface area contributed by atoms with Gasteiger partial charge in [-0.3, -0.25) is 10.1 Å². The molecule has 0 spiro atoms. The number of phenolic OH excluding ortho intramolecular Hbond substituents is 1. The van der Waals surface area contributed by atoms with Gasteiger partial charge in [0.25, 0.3) is 5.69 Å². The molecule has 0 saturated heterocycles. The fourth-order valence-electron chi connectivity index (χ4n) is 1.97. The maximum absolute atomic E-state index is 11.0. The van der Waals surface area contributed by atoms with Crippen molar-refractivity contribution in [2.75, 3.05) is 12.4 Å². The first-order valence-electron chi connectivity index (χ1n) is 6.36. The van der Waals surface area contributed by atoms with Crippen molar-refractivity contribution in [3.8, 4) is 11.5 Å². The van der Waals surface area contributed by atoms with Crippen LogP contribution in [-0.2, 0) is 6.54 Å². The zero-order chi connectivity index (χ0) is 15.4. The van der Waals surface area contributed by atoms with Crippen molar-refractivity contribution in [3.05, 3.63) is 57.6 Å². The van der Waals surface area contributed by atoms with Crippen LogP contribution in [0, 0.1) is 17.0 Å². The molecule has 0 saturated carbocycles. The summed E-state index contributed by atoms with van der Waals surface area (Å²) in [5, 5.41) is 23.8. The van der Waals surface area contributed by atoms with Gasteiger partial charge in [0.1, 0.15) is 17.2 Å². The van der Waals surface area contributed by atoms with Crippen LogP contribution in [0.4, 0.5) is 11.4 Å². The number of nitrogens with one attached hydrogen (secondary N) is 1. The Morgan fingerprint density at radius 1 is 1.29 bits per heavy atom. The van der Waals surface area contributed by atoms with Gasteiger partial charge in [-0.1, -0.05) is 6.07 Å². The zero-order valence-corrected chi connectivity index (χ0v) is 11.8. The van der Waals surface area contributed by atoms with E-state index in [1.54, 1.807) is 24.3 Å². The summed E-state index contributed by atoms with van der Waals surface area (Å²) in [4.78, 5) is 10.6. The number of benzene rings is 2. The van der Waals surface area contributed by atoms with Gasteiger partial charge >= 0.3 is 0 Å². The first-order chi connectivity index (χ1) is 10.0. The molecule has 0 atom stereocenters. The highest BCUT2D eigenvalue weighted by Crippen LogP contribution is 2.28. The first kappa shape index (κ1) is 14.6. The Labute approximate surface area is 122 Å². The second-order valence-corrected chi connectivity index (χ2v) is 4.63. The number of aryl methyl sites for hydroxylation is 1. The smallest absolute Gasteiger partial charge is 0.292 e. The molecule has 2 aromatic rings. The Morgan fingerprint density at radius 3 is 2.71 bits per heavy atom. The van der Waals surface area contributed by atoms with Gasteiger partial charge in [0, 0.05) is 18.2 Å². The summed E-state index contributed by atoms with van der Waals surface area (Å²) in [6, 6.07) is 9.71. The number of nitro groups is 1. The van der Waals surface area contributed by atoms with E-state index in [4.69, 9.17) is 4.74 Å². The van der Waals surface area contributed by atoms with E-state index < -0.39 is 4.92 Å². The van der Waals surface area contributed by atoms with Gasteiger partial charge in [-0.05, 0) is 36.8 Å². The molecule has 0 heterocycles. The van der Waals surface area contributed by atoms with Gasteiger partial charge in [0.2, 0.25) is 0 Å². The first-order valence-corrected chi connectivity index (χ1v) is 6.36. The number of aromatic hydroxyl groups is 1. The predicted molar refractivity (Wildman–Crippen MR) is 79.8 cm³/mol. The lowest BCUT2D eigenvalue weighted by molar-refractivity contribution is -0.384. The largest absolute Gasteiger partial charge is 0.508 e. The highest BCUT2D eigenvalue weighted by molar-refractivity contribution is 5.63. The summed E-state index contributed by atoms with van der Waals surface area (Å²) in [6.45, 7) is 2.12. The van der Waals surface area contributed by atoms with Gasteiger partial charge in [-0.2, -0.15) is 0 Å².